The van der Waals surface area contributed by atoms with Crippen LogP contribution in [0.1, 0.15) is 11.6 Å². The predicted molar refractivity (Wildman–Crippen MR) is 56.5 cm³/mol. The van der Waals surface area contributed by atoms with Crippen molar-refractivity contribution in [2.24, 2.45) is 0 Å². The number of carboxylic acid groups (broad SMARTS) is 1. The van der Waals surface area contributed by atoms with Gasteiger partial charge in [-0.3, -0.25) is 9.69 Å². The number of benzene rings is 1. The fourth-order valence-corrected chi connectivity index (χ4v) is 1.54. The standard InChI is InChI=1S/C11H14FNO3/c1-13(6-7-14)10(11(15)16)8-4-2-3-5-9(8)12/h2-5,10,14H,6-7H2,1H3,(H,15,16). The lowest BCUT2D eigenvalue weighted by molar-refractivity contribution is -0.143. The molecule has 0 fully saturated rings. The summed E-state index contributed by atoms with van der Waals surface area (Å²) in [5.74, 6) is -1.69. The van der Waals surface area contributed by atoms with Gasteiger partial charge in [-0.1, -0.05) is 18.2 Å². The molecule has 0 spiro atoms. The van der Waals surface area contributed by atoms with Crippen LogP contribution in [-0.4, -0.2) is 41.3 Å². The maximum absolute atomic E-state index is 13.4. The smallest absolute Gasteiger partial charge is 0.325 e. The summed E-state index contributed by atoms with van der Waals surface area (Å²) in [6.07, 6.45) is 0. The summed E-state index contributed by atoms with van der Waals surface area (Å²) in [4.78, 5) is 12.5. The first-order valence-corrected chi connectivity index (χ1v) is 4.86. The Morgan fingerprint density at radius 1 is 1.50 bits per heavy atom. The number of aliphatic hydroxyl groups excluding tert-OH is 1. The van der Waals surface area contributed by atoms with Gasteiger partial charge in [0.05, 0.1) is 6.61 Å². The molecule has 1 rings (SSSR count). The quantitative estimate of drug-likeness (QED) is 0.783. The van der Waals surface area contributed by atoms with Crippen LogP contribution in [0, 0.1) is 5.82 Å². The molecular weight excluding hydrogens is 213 g/mol. The first-order chi connectivity index (χ1) is 7.57. The Morgan fingerprint density at radius 2 is 2.12 bits per heavy atom. The van der Waals surface area contributed by atoms with E-state index in [1.165, 1.54) is 30.1 Å². The van der Waals surface area contributed by atoms with E-state index in [4.69, 9.17) is 10.2 Å². The molecule has 1 atom stereocenters. The van der Waals surface area contributed by atoms with Gasteiger partial charge >= 0.3 is 5.97 Å². The number of aliphatic hydroxyl groups is 1. The fourth-order valence-electron chi connectivity index (χ4n) is 1.54. The van der Waals surface area contributed by atoms with Crippen LogP contribution >= 0.6 is 0 Å². The third kappa shape index (κ3) is 2.77. The molecule has 88 valence electrons. The highest BCUT2D eigenvalue weighted by atomic mass is 19.1. The Kier molecular flexibility index (Phi) is 4.39. The Balaban J connectivity index is 3.03. The molecular formula is C11H14FNO3. The molecule has 0 aliphatic rings. The molecule has 0 saturated carbocycles. The summed E-state index contributed by atoms with van der Waals surface area (Å²) in [7, 11) is 1.53. The normalized spacial score (nSPS) is 12.8. The highest BCUT2D eigenvalue weighted by molar-refractivity contribution is 5.75. The van der Waals surface area contributed by atoms with E-state index in [-0.39, 0.29) is 18.7 Å². The van der Waals surface area contributed by atoms with E-state index in [2.05, 4.69) is 0 Å². The number of likely N-dealkylation sites (N-methyl/N-ethyl adjacent to an activating group) is 1. The number of aliphatic carboxylic acids is 1. The summed E-state index contributed by atoms with van der Waals surface area (Å²) in [5.41, 5.74) is 0.103. The number of hydrogen-bond donors (Lipinski definition) is 2. The van der Waals surface area contributed by atoms with E-state index in [1.54, 1.807) is 6.07 Å². The van der Waals surface area contributed by atoms with Crippen molar-refractivity contribution in [1.29, 1.82) is 0 Å². The van der Waals surface area contributed by atoms with Crippen LogP contribution in [0.5, 0.6) is 0 Å². The van der Waals surface area contributed by atoms with Crippen LogP contribution in [0.15, 0.2) is 24.3 Å². The minimum atomic E-state index is -1.14. The Hall–Kier alpha value is -1.46. The largest absolute Gasteiger partial charge is 0.480 e. The van der Waals surface area contributed by atoms with Crippen LogP contribution in [0.4, 0.5) is 4.39 Å². The van der Waals surface area contributed by atoms with Gasteiger partial charge in [0.25, 0.3) is 0 Å². The van der Waals surface area contributed by atoms with Gasteiger partial charge in [0.1, 0.15) is 11.9 Å². The molecule has 1 aromatic carbocycles. The second-order valence-corrected chi connectivity index (χ2v) is 3.47. The summed E-state index contributed by atoms with van der Waals surface area (Å²) in [6, 6.07) is 4.67. The number of hydrogen-bond acceptors (Lipinski definition) is 3. The third-order valence-corrected chi connectivity index (χ3v) is 2.33. The molecule has 2 N–H and O–H groups in total. The van der Waals surface area contributed by atoms with E-state index < -0.39 is 17.8 Å². The van der Waals surface area contributed by atoms with E-state index in [0.717, 1.165) is 0 Å². The number of rotatable bonds is 5. The lowest BCUT2D eigenvalue weighted by Crippen LogP contribution is -2.33. The second-order valence-electron chi connectivity index (χ2n) is 3.47. The van der Waals surface area contributed by atoms with Crippen molar-refractivity contribution in [2.75, 3.05) is 20.2 Å². The molecule has 1 unspecified atom stereocenters. The second kappa shape index (κ2) is 5.58. The maximum Gasteiger partial charge on any atom is 0.325 e. The van der Waals surface area contributed by atoms with Gasteiger partial charge < -0.3 is 10.2 Å². The van der Waals surface area contributed by atoms with Crippen molar-refractivity contribution in [3.63, 3.8) is 0 Å². The van der Waals surface area contributed by atoms with Crippen LogP contribution in [0.2, 0.25) is 0 Å². The minimum Gasteiger partial charge on any atom is -0.480 e. The van der Waals surface area contributed by atoms with Gasteiger partial charge in [-0.05, 0) is 13.1 Å². The lowest BCUT2D eigenvalue weighted by Gasteiger charge is -2.24. The van der Waals surface area contributed by atoms with E-state index in [0.29, 0.717) is 0 Å². The zero-order valence-corrected chi connectivity index (χ0v) is 8.93. The molecule has 0 heterocycles. The van der Waals surface area contributed by atoms with E-state index in [9.17, 15) is 9.18 Å². The van der Waals surface area contributed by atoms with Crippen LogP contribution in [0.3, 0.4) is 0 Å². The molecule has 5 heteroatoms. The number of halogens is 1. The van der Waals surface area contributed by atoms with Crippen molar-refractivity contribution in [1.82, 2.24) is 4.90 Å². The minimum absolute atomic E-state index is 0.103. The van der Waals surface area contributed by atoms with Crippen molar-refractivity contribution in [2.45, 2.75) is 6.04 Å². The van der Waals surface area contributed by atoms with Crippen molar-refractivity contribution in [3.8, 4) is 0 Å². The maximum atomic E-state index is 13.4. The molecule has 0 saturated heterocycles. The Bertz CT molecular complexity index is 370. The topological polar surface area (TPSA) is 60.8 Å². The molecule has 0 aliphatic carbocycles. The van der Waals surface area contributed by atoms with Crippen molar-refractivity contribution < 1.29 is 19.4 Å². The van der Waals surface area contributed by atoms with Crippen LogP contribution < -0.4 is 0 Å². The molecule has 0 aromatic heterocycles. The summed E-state index contributed by atoms with van der Waals surface area (Å²) in [6.45, 7) is 0.0000333. The van der Waals surface area contributed by atoms with Gasteiger partial charge in [-0.25, -0.2) is 4.39 Å². The molecule has 1 aromatic rings. The molecule has 0 radical (unpaired) electrons. The molecule has 0 bridgehead atoms. The first kappa shape index (κ1) is 12.6. The van der Waals surface area contributed by atoms with Gasteiger partial charge in [0, 0.05) is 12.1 Å². The molecule has 16 heavy (non-hydrogen) atoms. The van der Waals surface area contributed by atoms with Crippen molar-refractivity contribution >= 4 is 5.97 Å². The van der Waals surface area contributed by atoms with Crippen molar-refractivity contribution in [3.05, 3.63) is 35.6 Å². The summed E-state index contributed by atoms with van der Waals surface area (Å²) in [5, 5.41) is 17.8. The highest BCUT2D eigenvalue weighted by Gasteiger charge is 2.26. The zero-order valence-electron chi connectivity index (χ0n) is 8.93. The molecule has 0 amide bonds. The monoisotopic (exact) mass is 227 g/mol. The Morgan fingerprint density at radius 3 is 2.62 bits per heavy atom. The van der Waals surface area contributed by atoms with Gasteiger partial charge in [0.15, 0.2) is 0 Å². The van der Waals surface area contributed by atoms with Gasteiger partial charge in [-0.15, -0.1) is 0 Å². The zero-order chi connectivity index (χ0) is 12.1. The Labute approximate surface area is 92.9 Å². The third-order valence-electron chi connectivity index (χ3n) is 2.33. The SMILES string of the molecule is CN(CCO)C(C(=O)O)c1ccccc1F. The van der Waals surface area contributed by atoms with Gasteiger partial charge in [-0.2, -0.15) is 0 Å². The summed E-state index contributed by atoms with van der Waals surface area (Å²) < 4.78 is 13.4. The van der Waals surface area contributed by atoms with Crippen LogP contribution in [-0.2, 0) is 4.79 Å². The molecule has 4 nitrogen and oxygen atoms in total. The number of carbonyl (C=O) groups is 1. The molecule has 0 aliphatic heterocycles. The lowest BCUT2D eigenvalue weighted by atomic mass is 10.1. The fraction of sp³-hybridized carbons (Fsp3) is 0.364. The van der Waals surface area contributed by atoms with Crippen LogP contribution in [0.25, 0.3) is 0 Å². The number of nitrogens with zero attached hydrogens (tertiary/aromatic N) is 1. The van der Waals surface area contributed by atoms with Gasteiger partial charge in [0.2, 0.25) is 0 Å². The number of carboxylic acids is 1. The predicted octanol–water partition coefficient (Wildman–Crippen LogP) is 0.875. The average molecular weight is 227 g/mol. The summed E-state index contributed by atoms with van der Waals surface area (Å²) >= 11 is 0. The first-order valence-electron chi connectivity index (χ1n) is 4.86. The average Bonchev–Trinajstić information content (AvgIpc) is 2.21. The van der Waals surface area contributed by atoms with E-state index in [1.807, 2.05) is 0 Å². The highest BCUT2D eigenvalue weighted by Crippen LogP contribution is 2.22. The van der Waals surface area contributed by atoms with E-state index >= 15 is 0 Å².